The van der Waals surface area contributed by atoms with Gasteiger partial charge >= 0.3 is 0 Å². The number of rotatable bonds is 6. The Hall–Kier alpha value is -1.12. The first-order valence-corrected chi connectivity index (χ1v) is 7.97. The Labute approximate surface area is 120 Å². The summed E-state index contributed by atoms with van der Waals surface area (Å²) in [6.45, 7) is 7.72. The lowest BCUT2D eigenvalue weighted by Gasteiger charge is -2.21. The van der Waals surface area contributed by atoms with Crippen LogP contribution in [0.3, 0.4) is 0 Å². The molecule has 0 saturated heterocycles. The lowest BCUT2D eigenvalue weighted by atomic mass is 9.94. The number of hydrogen-bond acceptors (Lipinski definition) is 2. The van der Waals surface area contributed by atoms with E-state index < -0.39 is 0 Å². The molecule has 1 aromatic heterocycles. The van der Waals surface area contributed by atoms with Crippen LogP contribution >= 0.6 is 11.3 Å². The largest absolute Gasteiger partial charge is 0.310 e. The van der Waals surface area contributed by atoms with Crippen LogP contribution in [0.4, 0.5) is 0 Å². The van der Waals surface area contributed by atoms with Crippen molar-refractivity contribution in [3.05, 3.63) is 57.3 Å². The molecule has 19 heavy (non-hydrogen) atoms. The molecule has 0 saturated carbocycles. The summed E-state index contributed by atoms with van der Waals surface area (Å²) in [4.78, 5) is 0. The molecule has 0 spiro atoms. The van der Waals surface area contributed by atoms with E-state index in [4.69, 9.17) is 0 Å². The lowest BCUT2D eigenvalue weighted by molar-refractivity contribution is 0.527. The van der Waals surface area contributed by atoms with Gasteiger partial charge in [0, 0.05) is 6.04 Å². The zero-order valence-electron chi connectivity index (χ0n) is 12.1. The van der Waals surface area contributed by atoms with Gasteiger partial charge in [-0.2, -0.15) is 11.3 Å². The van der Waals surface area contributed by atoms with Crippen LogP contribution in [-0.2, 0) is 6.42 Å². The first kappa shape index (κ1) is 14.3. The summed E-state index contributed by atoms with van der Waals surface area (Å²) in [5.74, 6) is 0. The fourth-order valence-corrected chi connectivity index (χ4v) is 3.09. The molecule has 0 fully saturated rings. The Morgan fingerprint density at radius 1 is 1.21 bits per heavy atom. The zero-order valence-corrected chi connectivity index (χ0v) is 12.9. The molecule has 0 aliphatic heterocycles. The summed E-state index contributed by atoms with van der Waals surface area (Å²) in [6.07, 6.45) is 2.25. The van der Waals surface area contributed by atoms with Crippen LogP contribution in [0.2, 0.25) is 0 Å². The SMILES string of the molecule is CCCNC(Cc1ccsc1)c1cccc(C)c1C. The Morgan fingerprint density at radius 3 is 2.74 bits per heavy atom. The van der Waals surface area contributed by atoms with E-state index in [1.807, 2.05) is 0 Å². The van der Waals surface area contributed by atoms with E-state index in [-0.39, 0.29) is 0 Å². The minimum absolute atomic E-state index is 0.425. The van der Waals surface area contributed by atoms with Crippen molar-refractivity contribution in [2.45, 2.75) is 39.7 Å². The van der Waals surface area contributed by atoms with Crippen molar-refractivity contribution in [3.8, 4) is 0 Å². The zero-order chi connectivity index (χ0) is 13.7. The van der Waals surface area contributed by atoms with Gasteiger partial charge in [-0.15, -0.1) is 0 Å². The fraction of sp³-hybridized carbons (Fsp3) is 0.412. The Morgan fingerprint density at radius 2 is 2.05 bits per heavy atom. The quantitative estimate of drug-likeness (QED) is 0.808. The van der Waals surface area contributed by atoms with Gasteiger partial charge in [-0.3, -0.25) is 0 Å². The average molecular weight is 273 g/mol. The van der Waals surface area contributed by atoms with E-state index in [0.29, 0.717) is 6.04 Å². The summed E-state index contributed by atoms with van der Waals surface area (Å²) in [7, 11) is 0. The molecular formula is C17H23NS. The molecule has 1 N–H and O–H groups in total. The Bertz CT molecular complexity index is 502. The van der Waals surface area contributed by atoms with Crippen molar-refractivity contribution in [2.75, 3.05) is 6.54 Å². The van der Waals surface area contributed by atoms with Crippen LogP contribution in [-0.4, -0.2) is 6.54 Å². The molecule has 1 heterocycles. The number of aryl methyl sites for hydroxylation is 1. The van der Waals surface area contributed by atoms with Crippen LogP contribution in [0, 0.1) is 13.8 Å². The van der Waals surface area contributed by atoms with Gasteiger partial charge in [0.15, 0.2) is 0 Å². The number of nitrogens with one attached hydrogen (secondary N) is 1. The third-order valence-corrected chi connectivity index (χ3v) is 4.41. The van der Waals surface area contributed by atoms with Crippen molar-refractivity contribution < 1.29 is 0 Å². The van der Waals surface area contributed by atoms with E-state index in [9.17, 15) is 0 Å². The van der Waals surface area contributed by atoms with E-state index in [1.165, 1.54) is 28.7 Å². The van der Waals surface area contributed by atoms with Crippen LogP contribution < -0.4 is 5.32 Å². The highest BCUT2D eigenvalue weighted by Crippen LogP contribution is 2.24. The molecule has 2 aromatic rings. The molecule has 0 amide bonds. The molecule has 1 nitrogen and oxygen atoms in total. The molecule has 1 atom stereocenters. The molecule has 1 aromatic carbocycles. The highest BCUT2D eigenvalue weighted by Gasteiger charge is 2.14. The average Bonchev–Trinajstić information content (AvgIpc) is 2.91. The van der Waals surface area contributed by atoms with Gasteiger partial charge in [-0.25, -0.2) is 0 Å². The molecule has 0 bridgehead atoms. The topological polar surface area (TPSA) is 12.0 Å². The van der Waals surface area contributed by atoms with Gasteiger partial charge in [-0.1, -0.05) is 25.1 Å². The summed E-state index contributed by atoms with van der Waals surface area (Å²) in [5.41, 5.74) is 5.68. The second kappa shape index (κ2) is 6.88. The van der Waals surface area contributed by atoms with Gasteiger partial charge in [0.1, 0.15) is 0 Å². The van der Waals surface area contributed by atoms with E-state index >= 15 is 0 Å². The third-order valence-electron chi connectivity index (χ3n) is 3.68. The first-order chi connectivity index (χ1) is 9.22. The molecule has 2 rings (SSSR count). The highest BCUT2D eigenvalue weighted by atomic mass is 32.1. The van der Waals surface area contributed by atoms with E-state index in [0.717, 1.165) is 13.0 Å². The van der Waals surface area contributed by atoms with Gasteiger partial charge < -0.3 is 5.32 Å². The van der Waals surface area contributed by atoms with Gasteiger partial charge in [0.2, 0.25) is 0 Å². The Kier molecular flexibility index (Phi) is 5.17. The minimum atomic E-state index is 0.425. The number of benzene rings is 1. The van der Waals surface area contributed by atoms with Crippen molar-refractivity contribution in [1.29, 1.82) is 0 Å². The smallest absolute Gasteiger partial charge is 0.0363 e. The fourth-order valence-electron chi connectivity index (χ4n) is 2.41. The number of hydrogen-bond donors (Lipinski definition) is 1. The molecule has 0 aliphatic rings. The van der Waals surface area contributed by atoms with E-state index in [1.54, 1.807) is 11.3 Å². The second-order valence-electron chi connectivity index (χ2n) is 5.13. The predicted molar refractivity (Wildman–Crippen MR) is 85.0 cm³/mol. The monoisotopic (exact) mass is 273 g/mol. The highest BCUT2D eigenvalue weighted by molar-refractivity contribution is 7.07. The van der Waals surface area contributed by atoms with Gasteiger partial charge in [0.05, 0.1) is 0 Å². The normalized spacial score (nSPS) is 12.6. The van der Waals surface area contributed by atoms with E-state index in [2.05, 4.69) is 61.1 Å². The molecule has 102 valence electrons. The third kappa shape index (κ3) is 3.68. The first-order valence-electron chi connectivity index (χ1n) is 7.03. The predicted octanol–water partition coefficient (Wildman–Crippen LogP) is 4.65. The molecule has 2 heteroatoms. The maximum absolute atomic E-state index is 3.70. The van der Waals surface area contributed by atoms with Gasteiger partial charge in [-0.05, 0) is 72.3 Å². The summed E-state index contributed by atoms with van der Waals surface area (Å²) in [6, 6.07) is 9.29. The molecule has 0 radical (unpaired) electrons. The maximum Gasteiger partial charge on any atom is 0.0363 e. The second-order valence-corrected chi connectivity index (χ2v) is 5.91. The van der Waals surface area contributed by atoms with Crippen LogP contribution in [0.15, 0.2) is 35.0 Å². The lowest BCUT2D eigenvalue weighted by Crippen LogP contribution is -2.24. The Balaban J connectivity index is 2.23. The van der Waals surface area contributed by atoms with Crippen LogP contribution in [0.25, 0.3) is 0 Å². The standard InChI is InChI=1S/C17H23NS/c1-4-9-18-17(11-15-8-10-19-12-15)16-7-5-6-13(2)14(16)3/h5-8,10,12,17-18H,4,9,11H2,1-3H3. The van der Waals surface area contributed by atoms with Crippen LogP contribution in [0.1, 0.15) is 41.6 Å². The summed E-state index contributed by atoms with van der Waals surface area (Å²) >= 11 is 1.78. The summed E-state index contributed by atoms with van der Waals surface area (Å²) < 4.78 is 0. The van der Waals surface area contributed by atoms with Gasteiger partial charge in [0.25, 0.3) is 0 Å². The van der Waals surface area contributed by atoms with Crippen molar-refractivity contribution in [2.24, 2.45) is 0 Å². The molecule has 0 aliphatic carbocycles. The van der Waals surface area contributed by atoms with Crippen molar-refractivity contribution in [3.63, 3.8) is 0 Å². The van der Waals surface area contributed by atoms with Crippen LogP contribution in [0.5, 0.6) is 0 Å². The van der Waals surface area contributed by atoms with Crippen molar-refractivity contribution in [1.82, 2.24) is 5.32 Å². The summed E-state index contributed by atoms with van der Waals surface area (Å²) in [5, 5.41) is 8.11. The maximum atomic E-state index is 3.70. The number of thiophene rings is 1. The molecule has 1 unspecified atom stereocenters. The minimum Gasteiger partial charge on any atom is -0.310 e. The molecular weight excluding hydrogens is 250 g/mol. The van der Waals surface area contributed by atoms with Crippen molar-refractivity contribution >= 4 is 11.3 Å².